The molecule has 20 heavy (non-hydrogen) atoms. The molecule has 0 radical (unpaired) electrons. The summed E-state index contributed by atoms with van der Waals surface area (Å²) in [5.74, 6) is -0.201. The van der Waals surface area contributed by atoms with Crippen LogP contribution in [-0.2, 0) is 4.79 Å². The zero-order valence-electron chi connectivity index (χ0n) is 11.1. The quantitative estimate of drug-likeness (QED) is 0.732. The van der Waals surface area contributed by atoms with Gasteiger partial charge in [-0.3, -0.25) is 9.59 Å². The molecule has 3 heteroatoms. The fourth-order valence-corrected chi connectivity index (χ4v) is 2.58. The van der Waals surface area contributed by atoms with Crippen LogP contribution in [0, 0.1) is 0 Å². The number of carbonyl (C=O) groups excluding carboxylic acids is 2. The Bertz CT molecular complexity index is 759. The van der Waals surface area contributed by atoms with Gasteiger partial charge in [-0.2, -0.15) is 0 Å². The van der Waals surface area contributed by atoms with Gasteiger partial charge in [0.25, 0.3) is 0 Å². The number of hydrogen-bond donors (Lipinski definition) is 1. The Hall–Kier alpha value is -2.68. The van der Waals surface area contributed by atoms with Gasteiger partial charge in [0, 0.05) is 29.3 Å². The van der Waals surface area contributed by atoms with Gasteiger partial charge in [0.2, 0.25) is 5.91 Å². The molecular weight excluding hydrogens is 250 g/mol. The summed E-state index contributed by atoms with van der Waals surface area (Å²) < 4.78 is 0. The number of hydrogen-bond acceptors (Lipinski definition) is 2. The first-order valence-corrected chi connectivity index (χ1v) is 6.33. The zero-order chi connectivity index (χ0) is 14.3. The summed E-state index contributed by atoms with van der Waals surface area (Å²) in [6, 6.07) is 12.7. The fourth-order valence-electron chi connectivity index (χ4n) is 2.58. The normalized spacial score (nSPS) is 12.7. The van der Waals surface area contributed by atoms with Crippen LogP contribution in [0.25, 0.3) is 5.57 Å². The van der Waals surface area contributed by atoms with Gasteiger partial charge in [0.1, 0.15) is 0 Å². The first kappa shape index (κ1) is 12.4. The van der Waals surface area contributed by atoms with Crippen LogP contribution in [-0.4, -0.2) is 11.7 Å². The smallest absolute Gasteiger partial charge is 0.221 e. The molecule has 1 N–H and O–H groups in total. The van der Waals surface area contributed by atoms with Crippen molar-refractivity contribution < 1.29 is 9.59 Å². The van der Waals surface area contributed by atoms with Gasteiger partial charge >= 0.3 is 0 Å². The SMILES string of the molecule is C=C1c2ccccc2C(=O)c2cccc(NC(C)=O)c21. The van der Waals surface area contributed by atoms with Crippen LogP contribution < -0.4 is 5.32 Å². The zero-order valence-corrected chi connectivity index (χ0v) is 11.1. The Morgan fingerprint density at radius 1 is 1.00 bits per heavy atom. The van der Waals surface area contributed by atoms with Crippen molar-refractivity contribution in [3.05, 3.63) is 71.3 Å². The minimum atomic E-state index is -0.169. The van der Waals surface area contributed by atoms with E-state index in [0.717, 1.165) is 11.1 Å². The molecule has 1 amide bonds. The van der Waals surface area contributed by atoms with Crippen molar-refractivity contribution in [3.8, 4) is 0 Å². The summed E-state index contributed by atoms with van der Waals surface area (Å²) >= 11 is 0. The van der Waals surface area contributed by atoms with Crippen molar-refractivity contribution in [3.63, 3.8) is 0 Å². The Kier molecular flexibility index (Phi) is 2.75. The first-order chi connectivity index (χ1) is 9.59. The molecule has 2 aromatic rings. The summed E-state index contributed by atoms with van der Waals surface area (Å²) in [4.78, 5) is 23.8. The van der Waals surface area contributed by atoms with E-state index >= 15 is 0 Å². The third kappa shape index (κ3) is 1.75. The van der Waals surface area contributed by atoms with E-state index in [1.165, 1.54) is 6.92 Å². The summed E-state index contributed by atoms with van der Waals surface area (Å²) in [5, 5.41) is 2.76. The van der Waals surface area contributed by atoms with Gasteiger partial charge in [-0.1, -0.05) is 43.0 Å². The van der Waals surface area contributed by atoms with E-state index in [1.807, 2.05) is 18.2 Å². The molecule has 2 aromatic carbocycles. The second kappa shape index (κ2) is 4.46. The third-order valence-electron chi connectivity index (χ3n) is 3.42. The lowest BCUT2D eigenvalue weighted by atomic mass is 9.81. The maximum absolute atomic E-state index is 12.5. The molecule has 0 unspecified atom stereocenters. The highest BCUT2D eigenvalue weighted by Crippen LogP contribution is 2.38. The summed E-state index contributed by atoms with van der Waals surface area (Å²) in [7, 11) is 0. The van der Waals surface area contributed by atoms with Crippen LogP contribution in [0.15, 0.2) is 49.0 Å². The molecule has 0 spiro atoms. The Labute approximate surface area is 116 Å². The molecule has 3 nitrogen and oxygen atoms in total. The number of fused-ring (bicyclic) bond motifs is 2. The molecule has 0 aliphatic heterocycles. The highest BCUT2D eigenvalue weighted by Gasteiger charge is 2.27. The monoisotopic (exact) mass is 263 g/mol. The maximum atomic E-state index is 12.5. The summed E-state index contributed by atoms with van der Waals surface area (Å²) in [5.41, 5.74) is 4.17. The predicted molar refractivity (Wildman–Crippen MR) is 78.8 cm³/mol. The van der Waals surface area contributed by atoms with Gasteiger partial charge in [-0.25, -0.2) is 0 Å². The number of rotatable bonds is 1. The van der Waals surface area contributed by atoms with Crippen molar-refractivity contribution in [2.75, 3.05) is 5.32 Å². The van der Waals surface area contributed by atoms with Crippen molar-refractivity contribution in [2.24, 2.45) is 0 Å². The van der Waals surface area contributed by atoms with Gasteiger partial charge < -0.3 is 5.32 Å². The highest BCUT2D eigenvalue weighted by atomic mass is 16.1. The Morgan fingerprint density at radius 2 is 1.65 bits per heavy atom. The van der Waals surface area contributed by atoms with Crippen LogP contribution in [0.5, 0.6) is 0 Å². The van der Waals surface area contributed by atoms with Gasteiger partial charge in [0.05, 0.1) is 0 Å². The number of nitrogens with one attached hydrogen (secondary N) is 1. The molecule has 0 saturated carbocycles. The summed E-state index contributed by atoms with van der Waals surface area (Å²) in [6.45, 7) is 5.54. The number of benzene rings is 2. The number of ketones is 1. The first-order valence-electron chi connectivity index (χ1n) is 6.33. The number of amides is 1. The van der Waals surface area contributed by atoms with E-state index in [-0.39, 0.29) is 11.7 Å². The van der Waals surface area contributed by atoms with E-state index in [4.69, 9.17) is 0 Å². The van der Waals surface area contributed by atoms with E-state index in [0.29, 0.717) is 22.4 Å². The average Bonchev–Trinajstić information content (AvgIpc) is 2.44. The van der Waals surface area contributed by atoms with E-state index in [9.17, 15) is 9.59 Å². The van der Waals surface area contributed by atoms with Gasteiger partial charge in [0.15, 0.2) is 5.78 Å². The van der Waals surface area contributed by atoms with Gasteiger partial charge in [-0.15, -0.1) is 0 Å². The van der Waals surface area contributed by atoms with Crippen LogP contribution in [0.3, 0.4) is 0 Å². The predicted octanol–water partition coefficient (Wildman–Crippen LogP) is 3.25. The van der Waals surface area contributed by atoms with E-state index in [2.05, 4.69) is 11.9 Å². The maximum Gasteiger partial charge on any atom is 0.221 e. The van der Waals surface area contributed by atoms with Crippen LogP contribution in [0.4, 0.5) is 5.69 Å². The average molecular weight is 263 g/mol. The minimum absolute atomic E-state index is 0.0322. The molecule has 98 valence electrons. The molecule has 0 heterocycles. The molecule has 0 fully saturated rings. The van der Waals surface area contributed by atoms with Crippen LogP contribution in [0.2, 0.25) is 0 Å². The Morgan fingerprint density at radius 3 is 2.35 bits per heavy atom. The molecule has 3 rings (SSSR count). The third-order valence-corrected chi connectivity index (χ3v) is 3.42. The molecule has 0 aromatic heterocycles. The lowest BCUT2D eigenvalue weighted by Gasteiger charge is -2.23. The molecule has 1 aliphatic rings. The molecule has 1 aliphatic carbocycles. The van der Waals surface area contributed by atoms with Crippen molar-refractivity contribution in [1.29, 1.82) is 0 Å². The standard InChI is InChI=1S/C17H13NO2/c1-10-12-6-3-4-7-13(12)17(20)14-8-5-9-15(16(10)14)18-11(2)19/h3-9H,1H2,2H3,(H,18,19). The van der Waals surface area contributed by atoms with Crippen LogP contribution in [0.1, 0.15) is 34.0 Å². The van der Waals surface area contributed by atoms with Crippen LogP contribution >= 0.6 is 0 Å². The molecular formula is C17H13NO2. The number of anilines is 1. The minimum Gasteiger partial charge on any atom is -0.326 e. The lowest BCUT2D eigenvalue weighted by Crippen LogP contribution is -2.17. The topological polar surface area (TPSA) is 46.2 Å². The Balaban J connectivity index is 2.25. The number of carbonyl (C=O) groups is 2. The summed E-state index contributed by atoms with van der Waals surface area (Å²) in [6.07, 6.45) is 0. The van der Waals surface area contributed by atoms with E-state index in [1.54, 1.807) is 24.3 Å². The van der Waals surface area contributed by atoms with Crippen molar-refractivity contribution in [1.82, 2.24) is 0 Å². The molecule has 0 bridgehead atoms. The fraction of sp³-hybridized carbons (Fsp3) is 0.0588. The highest BCUT2D eigenvalue weighted by molar-refractivity contribution is 6.20. The van der Waals surface area contributed by atoms with Crippen molar-refractivity contribution in [2.45, 2.75) is 6.92 Å². The second-order valence-electron chi connectivity index (χ2n) is 4.76. The molecule has 0 atom stereocenters. The molecule has 0 saturated heterocycles. The largest absolute Gasteiger partial charge is 0.326 e. The second-order valence-corrected chi connectivity index (χ2v) is 4.76. The van der Waals surface area contributed by atoms with Crippen molar-refractivity contribution >= 4 is 23.0 Å². The van der Waals surface area contributed by atoms with Gasteiger partial charge in [-0.05, 0) is 17.2 Å². The van der Waals surface area contributed by atoms with E-state index < -0.39 is 0 Å². The lowest BCUT2D eigenvalue weighted by molar-refractivity contribution is -0.114.